The summed E-state index contributed by atoms with van der Waals surface area (Å²) in [5.41, 5.74) is 3.32. The number of aryl methyl sites for hydroxylation is 2. The zero-order valence-electron chi connectivity index (χ0n) is 10.8. The van der Waals surface area contributed by atoms with Gasteiger partial charge in [-0.15, -0.1) is 0 Å². The third-order valence-corrected chi connectivity index (χ3v) is 3.49. The number of aldehydes is 1. The Morgan fingerprint density at radius 3 is 1.88 bits per heavy atom. The van der Waals surface area contributed by atoms with Crippen LogP contribution in [0.1, 0.15) is 61.0 Å². The summed E-state index contributed by atoms with van der Waals surface area (Å²) in [5, 5.41) is 0. The lowest BCUT2D eigenvalue weighted by molar-refractivity contribution is 0.112. The van der Waals surface area contributed by atoms with Crippen molar-refractivity contribution >= 4 is 22.2 Å². The first-order valence-electron chi connectivity index (χ1n) is 6.49. The van der Waals surface area contributed by atoms with Gasteiger partial charge in [-0.3, -0.25) is 4.79 Å². The van der Waals surface area contributed by atoms with Crippen LogP contribution < -0.4 is 0 Å². The Bertz CT molecular complexity index is 342. The number of carbonyl (C=O) groups is 1. The fraction of sp³-hybridized carbons (Fsp3) is 0.533. The largest absolute Gasteiger partial charge is 0.298 e. The average molecular weight is 297 g/mol. The van der Waals surface area contributed by atoms with Crippen molar-refractivity contribution in [2.45, 2.75) is 52.4 Å². The topological polar surface area (TPSA) is 17.1 Å². The second-order valence-corrected chi connectivity index (χ2v) is 5.38. The molecule has 0 bridgehead atoms. The fourth-order valence-electron chi connectivity index (χ4n) is 2.04. The summed E-state index contributed by atoms with van der Waals surface area (Å²) in [5.74, 6) is 0. The van der Waals surface area contributed by atoms with Crippen LogP contribution in [-0.4, -0.2) is 6.29 Å². The van der Waals surface area contributed by atoms with Crippen LogP contribution in [-0.2, 0) is 12.8 Å². The van der Waals surface area contributed by atoms with Gasteiger partial charge in [0, 0.05) is 10.0 Å². The molecule has 0 heterocycles. The summed E-state index contributed by atoms with van der Waals surface area (Å²) in [6, 6.07) is 4.18. The van der Waals surface area contributed by atoms with Crippen molar-refractivity contribution in [2.75, 3.05) is 0 Å². The highest BCUT2D eigenvalue weighted by Crippen LogP contribution is 2.23. The number of hydrogen-bond donors (Lipinski definition) is 0. The van der Waals surface area contributed by atoms with Gasteiger partial charge in [-0.05, 0) is 48.9 Å². The van der Waals surface area contributed by atoms with Gasteiger partial charge in [-0.1, -0.05) is 42.6 Å². The van der Waals surface area contributed by atoms with E-state index in [1.807, 2.05) is 0 Å². The van der Waals surface area contributed by atoms with E-state index in [0.29, 0.717) is 0 Å². The molecule has 17 heavy (non-hydrogen) atoms. The van der Waals surface area contributed by atoms with E-state index in [4.69, 9.17) is 0 Å². The smallest absolute Gasteiger partial charge is 0.150 e. The van der Waals surface area contributed by atoms with E-state index in [-0.39, 0.29) is 0 Å². The van der Waals surface area contributed by atoms with Crippen molar-refractivity contribution in [1.29, 1.82) is 0 Å². The van der Waals surface area contributed by atoms with Gasteiger partial charge in [-0.25, -0.2) is 0 Å². The van der Waals surface area contributed by atoms with Gasteiger partial charge in [0.05, 0.1) is 0 Å². The van der Waals surface area contributed by atoms with E-state index in [1.165, 1.54) is 11.1 Å². The minimum Gasteiger partial charge on any atom is -0.298 e. The molecule has 0 fully saturated rings. The van der Waals surface area contributed by atoms with Crippen LogP contribution in [0, 0.1) is 0 Å². The summed E-state index contributed by atoms with van der Waals surface area (Å²) < 4.78 is 1.10. The number of hydrogen-bond acceptors (Lipinski definition) is 1. The predicted molar refractivity (Wildman–Crippen MR) is 76.8 cm³/mol. The van der Waals surface area contributed by atoms with Gasteiger partial charge in [0.15, 0.2) is 6.29 Å². The lowest BCUT2D eigenvalue weighted by Crippen LogP contribution is -2.00. The van der Waals surface area contributed by atoms with E-state index in [1.54, 1.807) is 0 Å². The molecule has 1 nitrogen and oxygen atoms in total. The molecular weight excluding hydrogens is 276 g/mol. The lowest BCUT2D eigenvalue weighted by Gasteiger charge is -2.11. The van der Waals surface area contributed by atoms with Gasteiger partial charge >= 0.3 is 0 Å². The highest BCUT2D eigenvalue weighted by Gasteiger charge is 2.09. The molecule has 0 saturated carbocycles. The maximum Gasteiger partial charge on any atom is 0.150 e. The molecule has 0 atom stereocenters. The molecule has 94 valence electrons. The highest BCUT2D eigenvalue weighted by atomic mass is 79.9. The van der Waals surface area contributed by atoms with E-state index < -0.39 is 0 Å². The molecule has 0 spiro atoms. The highest BCUT2D eigenvalue weighted by molar-refractivity contribution is 9.10. The monoisotopic (exact) mass is 296 g/mol. The minimum atomic E-state index is 0.926. The quantitative estimate of drug-likeness (QED) is 0.651. The third-order valence-electron chi connectivity index (χ3n) is 3.03. The van der Waals surface area contributed by atoms with Crippen LogP contribution in [0.3, 0.4) is 0 Å². The molecular formula is C15H21BrO. The maximum absolute atomic E-state index is 11.3. The first kappa shape index (κ1) is 14.4. The minimum absolute atomic E-state index is 0.926. The van der Waals surface area contributed by atoms with Crippen LogP contribution in [0.4, 0.5) is 0 Å². The van der Waals surface area contributed by atoms with Gasteiger partial charge in [0.1, 0.15) is 0 Å². The Labute approximate surface area is 113 Å². The SMILES string of the molecule is CCCCc1cc(Br)cc(CCCC)c1C=O. The van der Waals surface area contributed by atoms with E-state index >= 15 is 0 Å². The fourth-order valence-corrected chi connectivity index (χ4v) is 2.59. The van der Waals surface area contributed by atoms with Crippen molar-refractivity contribution in [3.05, 3.63) is 33.3 Å². The van der Waals surface area contributed by atoms with E-state index in [2.05, 4.69) is 41.9 Å². The van der Waals surface area contributed by atoms with Crippen LogP contribution in [0.25, 0.3) is 0 Å². The number of benzene rings is 1. The molecule has 0 aliphatic carbocycles. The summed E-state index contributed by atoms with van der Waals surface area (Å²) in [7, 11) is 0. The Balaban J connectivity index is 3.01. The second-order valence-electron chi connectivity index (χ2n) is 4.46. The van der Waals surface area contributed by atoms with Crippen LogP contribution in [0.5, 0.6) is 0 Å². The molecule has 0 aliphatic heterocycles. The van der Waals surface area contributed by atoms with E-state index in [0.717, 1.165) is 54.8 Å². The van der Waals surface area contributed by atoms with Crippen molar-refractivity contribution < 1.29 is 4.79 Å². The van der Waals surface area contributed by atoms with Crippen LogP contribution >= 0.6 is 15.9 Å². The van der Waals surface area contributed by atoms with E-state index in [9.17, 15) is 4.79 Å². The zero-order chi connectivity index (χ0) is 12.7. The van der Waals surface area contributed by atoms with Crippen LogP contribution in [0.2, 0.25) is 0 Å². The molecule has 1 aromatic rings. The Hall–Kier alpha value is -0.630. The van der Waals surface area contributed by atoms with Crippen molar-refractivity contribution in [1.82, 2.24) is 0 Å². The molecule has 1 rings (SSSR count). The number of carbonyl (C=O) groups excluding carboxylic acids is 1. The molecule has 0 radical (unpaired) electrons. The average Bonchev–Trinajstić information content (AvgIpc) is 2.33. The lowest BCUT2D eigenvalue weighted by atomic mass is 9.95. The second kappa shape index (κ2) is 7.65. The zero-order valence-corrected chi connectivity index (χ0v) is 12.3. The Kier molecular flexibility index (Phi) is 6.49. The number of rotatable bonds is 7. The first-order chi connectivity index (χ1) is 8.22. The maximum atomic E-state index is 11.3. The van der Waals surface area contributed by atoms with Crippen molar-refractivity contribution in [2.24, 2.45) is 0 Å². The predicted octanol–water partition coefficient (Wildman–Crippen LogP) is 4.95. The Morgan fingerprint density at radius 2 is 1.53 bits per heavy atom. The van der Waals surface area contributed by atoms with Gasteiger partial charge < -0.3 is 0 Å². The van der Waals surface area contributed by atoms with Crippen molar-refractivity contribution in [3.8, 4) is 0 Å². The number of unbranched alkanes of at least 4 members (excludes halogenated alkanes) is 2. The normalized spacial score (nSPS) is 10.5. The van der Waals surface area contributed by atoms with Gasteiger partial charge in [-0.2, -0.15) is 0 Å². The summed E-state index contributed by atoms with van der Waals surface area (Å²) >= 11 is 3.54. The summed E-state index contributed by atoms with van der Waals surface area (Å²) in [6.07, 6.45) is 7.65. The molecule has 0 aromatic heterocycles. The number of halogens is 1. The molecule has 0 saturated heterocycles. The molecule has 1 aromatic carbocycles. The van der Waals surface area contributed by atoms with Crippen molar-refractivity contribution in [3.63, 3.8) is 0 Å². The Morgan fingerprint density at radius 1 is 1.06 bits per heavy atom. The van der Waals surface area contributed by atoms with Gasteiger partial charge in [0.2, 0.25) is 0 Å². The summed E-state index contributed by atoms with van der Waals surface area (Å²) in [6.45, 7) is 4.35. The summed E-state index contributed by atoms with van der Waals surface area (Å²) in [4.78, 5) is 11.3. The third kappa shape index (κ3) is 4.27. The molecule has 0 amide bonds. The molecule has 0 aliphatic rings. The van der Waals surface area contributed by atoms with Crippen LogP contribution in [0.15, 0.2) is 16.6 Å². The standard InChI is InChI=1S/C15H21BrO/c1-3-5-7-12-9-14(16)10-13(8-6-4-2)15(12)11-17/h9-11H,3-8H2,1-2H3. The molecule has 2 heteroatoms. The molecule has 0 unspecified atom stereocenters. The van der Waals surface area contributed by atoms with Gasteiger partial charge in [0.25, 0.3) is 0 Å². The molecule has 0 N–H and O–H groups in total. The first-order valence-corrected chi connectivity index (χ1v) is 7.28.